The van der Waals surface area contributed by atoms with E-state index in [4.69, 9.17) is 11.6 Å². The van der Waals surface area contributed by atoms with E-state index in [2.05, 4.69) is 9.47 Å². The number of halogens is 1. The summed E-state index contributed by atoms with van der Waals surface area (Å²) in [6, 6.07) is 2.98. The van der Waals surface area contributed by atoms with Crippen molar-refractivity contribution in [2.75, 3.05) is 14.2 Å². The van der Waals surface area contributed by atoms with Crippen molar-refractivity contribution in [2.45, 2.75) is 6.92 Å². The Morgan fingerprint density at radius 3 is 2.19 bits per heavy atom. The summed E-state index contributed by atoms with van der Waals surface area (Å²) in [5.41, 5.74) is 0.936. The SMILES string of the molecule is COC(=O)c1ccc(Cl)c(C(=O)OC)c1C. The molecule has 0 aliphatic carbocycles. The van der Waals surface area contributed by atoms with Crippen molar-refractivity contribution in [3.8, 4) is 0 Å². The van der Waals surface area contributed by atoms with Gasteiger partial charge in [0.1, 0.15) is 0 Å². The molecule has 0 heterocycles. The predicted octanol–water partition coefficient (Wildman–Crippen LogP) is 2.22. The number of esters is 2. The Hall–Kier alpha value is -1.55. The van der Waals surface area contributed by atoms with Gasteiger partial charge in [0.2, 0.25) is 0 Å². The van der Waals surface area contributed by atoms with Crippen molar-refractivity contribution in [3.05, 3.63) is 33.8 Å². The molecule has 0 bridgehead atoms. The second-order valence-electron chi connectivity index (χ2n) is 3.08. The summed E-state index contributed by atoms with van der Waals surface area (Å²) in [5.74, 6) is -1.09. The summed E-state index contributed by atoms with van der Waals surface area (Å²) in [6.07, 6.45) is 0. The molecule has 0 fully saturated rings. The Bertz CT molecular complexity index is 440. The van der Waals surface area contributed by atoms with Crippen molar-refractivity contribution in [1.29, 1.82) is 0 Å². The third-order valence-electron chi connectivity index (χ3n) is 2.21. The molecule has 0 spiro atoms. The molecular formula is C11H11ClO4. The van der Waals surface area contributed by atoms with Crippen molar-refractivity contribution in [1.82, 2.24) is 0 Å². The van der Waals surface area contributed by atoms with E-state index in [1.165, 1.54) is 26.4 Å². The minimum Gasteiger partial charge on any atom is -0.465 e. The molecule has 5 heteroatoms. The lowest BCUT2D eigenvalue weighted by Crippen LogP contribution is -2.11. The molecular weight excluding hydrogens is 232 g/mol. The maximum atomic E-state index is 11.5. The predicted molar refractivity (Wildman–Crippen MR) is 58.9 cm³/mol. The molecule has 1 rings (SSSR count). The largest absolute Gasteiger partial charge is 0.465 e. The number of carbonyl (C=O) groups excluding carboxylic acids is 2. The van der Waals surface area contributed by atoms with Gasteiger partial charge in [0, 0.05) is 0 Å². The van der Waals surface area contributed by atoms with E-state index in [1.807, 2.05) is 0 Å². The maximum Gasteiger partial charge on any atom is 0.339 e. The van der Waals surface area contributed by atoms with Crippen LogP contribution in [0.3, 0.4) is 0 Å². The van der Waals surface area contributed by atoms with Gasteiger partial charge in [-0.1, -0.05) is 11.6 Å². The van der Waals surface area contributed by atoms with Gasteiger partial charge in [-0.2, -0.15) is 0 Å². The van der Waals surface area contributed by atoms with Crippen LogP contribution in [0.5, 0.6) is 0 Å². The molecule has 0 radical (unpaired) electrons. The van der Waals surface area contributed by atoms with Crippen molar-refractivity contribution < 1.29 is 19.1 Å². The topological polar surface area (TPSA) is 52.6 Å². The van der Waals surface area contributed by atoms with Gasteiger partial charge in [-0.3, -0.25) is 0 Å². The zero-order chi connectivity index (χ0) is 12.3. The van der Waals surface area contributed by atoms with Gasteiger partial charge in [-0.15, -0.1) is 0 Å². The lowest BCUT2D eigenvalue weighted by atomic mass is 10.0. The normalized spacial score (nSPS) is 9.75. The van der Waals surface area contributed by atoms with Crippen LogP contribution in [0, 0.1) is 6.92 Å². The Labute approximate surface area is 98.1 Å². The summed E-state index contributed by atoms with van der Waals surface area (Å²) in [4.78, 5) is 22.9. The minimum absolute atomic E-state index is 0.187. The van der Waals surface area contributed by atoms with Crippen LogP contribution in [0.15, 0.2) is 12.1 Å². The van der Waals surface area contributed by atoms with Gasteiger partial charge in [0.15, 0.2) is 0 Å². The van der Waals surface area contributed by atoms with E-state index in [0.717, 1.165) is 0 Å². The second kappa shape index (κ2) is 4.99. The van der Waals surface area contributed by atoms with Crippen molar-refractivity contribution >= 4 is 23.5 Å². The average molecular weight is 243 g/mol. The lowest BCUT2D eigenvalue weighted by molar-refractivity contribution is 0.0598. The first-order valence-electron chi connectivity index (χ1n) is 4.48. The molecule has 0 atom stereocenters. The number of carbonyl (C=O) groups is 2. The van der Waals surface area contributed by atoms with Crippen LogP contribution >= 0.6 is 11.6 Å². The molecule has 0 aliphatic heterocycles. The van der Waals surface area contributed by atoms with Crippen LogP contribution in [0.25, 0.3) is 0 Å². The average Bonchev–Trinajstić information content (AvgIpc) is 2.28. The monoisotopic (exact) mass is 242 g/mol. The first kappa shape index (κ1) is 12.5. The van der Waals surface area contributed by atoms with Crippen molar-refractivity contribution in [3.63, 3.8) is 0 Å². The smallest absolute Gasteiger partial charge is 0.339 e. The van der Waals surface area contributed by atoms with Crippen LogP contribution in [-0.2, 0) is 9.47 Å². The molecule has 86 valence electrons. The van der Waals surface area contributed by atoms with E-state index in [9.17, 15) is 9.59 Å². The van der Waals surface area contributed by atoms with E-state index in [-0.39, 0.29) is 10.6 Å². The summed E-state index contributed by atoms with van der Waals surface area (Å²) >= 11 is 5.87. The third kappa shape index (κ3) is 2.17. The molecule has 16 heavy (non-hydrogen) atoms. The number of hydrogen-bond acceptors (Lipinski definition) is 4. The lowest BCUT2D eigenvalue weighted by Gasteiger charge is -2.09. The zero-order valence-corrected chi connectivity index (χ0v) is 9.92. The van der Waals surface area contributed by atoms with Crippen LogP contribution < -0.4 is 0 Å². The Morgan fingerprint density at radius 1 is 1.12 bits per heavy atom. The van der Waals surface area contributed by atoms with Gasteiger partial charge in [-0.25, -0.2) is 9.59 Å². The quantitative estimate of drug-likeness (QED) is 0.747. The number of methoxy groups -OCH3 is 2. The van der Waals surface area contributed by atoms with E-state index in [0.29, 0.717) is 11.1 Å². The molecule has 0 aromatic heterocycles. The fraction of sp³-hybridized carbons (Fsp3) is 0.273. The third-order valence-corrected chi connectivity index (χ3v) is 2.52. The molecule has 4 nitrogen and oxygen atoms in total. The fourth-order valence-corrected chi connectivity index (χ4v) is 1.64. The first-order valence-corrected chi connectivity index (χ1v) is 4.86. The Kier molecular flexibility index (Phi) is 3.90. The highest BCUT2D eigenvalue weighted by molar-refractivity contribution is 6.34. The molecule has 0 unspecified atom stereocenters. The van der Waals surface area contributed by atoms with Gasteiger partial charge < -0.3 is 9.47 Å². The Morgan fingerprint density at radius 2 is 1.69 bits per heavy atom. The number of hydrogen-bond donors (Lipinski definition) is 0. The molecule has 1 aromatic carbocycles. The molecule has 0 saturated carbocycles. The number of benzene rings is 1. The molecule has 0 amide bonds. The van der Waals surface area contributed by atoms with E-state index < -0.39 is 11.9 Å². The first-order chi connectivity index (χ1) is 7.52. The van der Waals surface area contributed by atoms with Crippen LogP contribution in [0.4, 0.5) is 0 Å². The highest BCUT2D eigenvalue weighted by atomic mass is 35.5. The maximum absolute atomic E-state index is 11.5. The molecule has 1 aromatic rings. The zero-order valence-electron chi connectivity index (χ0n) is 9.17. The Balaban J connectivity index is 3.38. The van der Waals surface area contributed by atoms with E-state index in [1.54, 1.807) is 6.92 Å². The number of ether oxygens (including phenoxy) is 2. The molecule has 0 N–H and O–H groups in total. The van der Waals surface area contributed by atoms with Crippen LogP contribution in [-0.4, -0.2) is 26.2 Å². The summed E-state index contributed by atoms with van der Waals surface area (Å²) < 4.78 is 9.18. The minimum atomic E-state index is -0.576. The fourth-order valence-electron chi connectivity index (χ4n) is 1.36. The summed E-state index contributed by atoms with van der Waals surface area (Å²) in [5, 5.41) is 0.247. The van der Waals surface area contributed by atoms with Crippen molar-refractivity contribution in [2.24, 2.45) is 0 Å². The summed E-state index contributed by atoms with van der Waals surface area (Å²) in [6.45, 7) is 1.62. The highest BCUT2D eigenvalue weighted by Gasteiger charge is 2.20. The van der Waals surface area contributed by atoms with Gasteiger partial charge >= 0.3 is 11.9 Å². The van der Waals surface area contributed by atoms with Gasteiger partial charge in [-0.05, 0) is 24.6 Å². The standard InChI is InChI=1S/C11H11ClO4/c1-6-7(10(13)15-2)4-5-8(12)9(6)11(14)16-3/h4-5H,1-3H3. The van der Waals surface area contributed by atoms with Crippen LogP contribution in [0.1, 0.15) is 26.3 Å². The number of rotatable bonds is 2. The second-order valence-corrected chi connectivity index (χ2v) is 3.49. The molecule has 0 saturated heterocycles. The van der Waals surface area contributed by atoms with Gasteiger partial charge in [0.25, 0.3) is 0 Å². The van der Waals surface area contributed by atoms with E-state index >= 15 is 0 Å². The van der Waals surface area contributed by atoms with Gasteiger partial charge in [0.05, 0.1) is 30.4 Å². The van der Waals surface area contributed by atoms with Crippen LogP contribution in [0.2, 0.25) is 5.02 Å². The summed E-state index contributed by atoms with van der Waals surface area (Å²) in [7, 11) is 2.52. The molecule has 0 aliphatic rings. The highest BCUT2D eigenvalue weighted by Crippen LogP contribution is 2.24.